The van der Waals surface area contributed by atoms with Crippen LogP contribution in [0.4, 0.5) is 16.2 Å². The molecule has 3 N–H and O–H groups in total. The Bertz CT molecular complexity index is 531. The van der Waals surface area contributed by atoms with Gasteiger partial charge in [-0.05, 0) is 24.1 Å². The molecule has 1 aromatic rings. The van der Waals surface area contributed by atoms with Crippen LogP contribution in [0.1, 0.15) is 12.5 Å². The second-order valence-corrected chi connectivity index (χ2v) is 5.17. The third kappa shape index (κ3) is 3.72. The van der Waals surface area contributed by atoms with E-state index in [0.29, 0.717) is 11.1 Å². The number of rotatable bonds is 4. The molecule has 0 spiro atoms. The number of carbonyl (C=O) groups is 1. The number of amides is 1. The number of nitrogens with two attached hydrogens (primary N) is 1. The van der Waals surface area contributed by atoms with Crippen LogP contribution in [0.3, 0.4) is 0 Å². The summed E-state index contributed by atoms with van der Waals surface area (Å²) in [5, 5.41) is 12.9. The fourth-order valence-electron chi connectivity index (χ4n) is 1.43. The normalized spacial score (nSPS) is 11.7. The minimum atomic E-state index is -0.539. The van der Waals surface area contributed by atoms with Crippen molar-refractivity contribution in [2.45, 2.75) is 12.2 Å². The standard InChI is InChI=1S/C12H15N3O3S/c1-7(8(2)19-12(16)14-3)9-4-5-10(13)11(6-9)15(17)18/h4-6,8H,1,13H2,2-3H3,(H,14,16). The molecule has 0 aliphatic carbocycles. The molecule has 1 amide bonds. The van der Waals surface area contributed by atoms with Gasteiger partial charge in [0.2, 0.25) is 0 Å². The molecule has 0 aromatic heterocycles. The van der Waals surface area contributed by atoms with Gasteiger partial charge in [-0.2, -0.15) is 0 Å². The van der Waals surface area contributed by atoms with Crippen LogP contribution in [-0.4, -0.2) is 22.5 Å². The second kappa shape index (κ2) is 6.24. The predicted octanol–water partition coefficient (Wildman–Crippen LogP) is 2.65. The minimum Gasteiger partial charge on any atom is -0.393 e. The van der Waals surface area contributed by atoms with E-state index in [4.69, 9.17) is 5.73 Å². The molecule has 19 heavy (non-hydrogen) atoms. The highest BCUT2D eigenvalue weighted by molar-refractivity contribution is 8.14. The topological polar surface area (TPSA) is 98.3 Å². The van der Waals surface area contributed by atoms with Gasteiger partial charge in [-0.1, -0.05) is 24.4 Å². The molecule has 1 unspecified atom stereocenters. The molecular formula is C12H15N3O3S. The molecular weight excluding hydrogens is 266 g/mol. The number of hydrogen-bond acceptors (Lipinski definition) is 5. The van der Waals surface area contributed by atoms with Crippen molar-refractivity contribution in [1.29, 1.82) is 0 Å². The summed E-state index contributed by atoms with van der Waals surface area (Å²) in [4.78, 5) is 21.5. The maximum atomic E-state index is 11.3. The molecule has 0 heterocycles. The summed E-state index contributed by atoms with van der Waals surface area (Å²) >= 11 is 1.07. The summed E-state index contributed by atoms with van der Waals surface area (Å²) in [6, 6.07) is 4.50. The summed E-state index contributed by atoms with van der Waals surface area (Å²) in [6.45, 7) is 5.69. The fraction of sp³-hybridized carbons (Fsp3) is 0.250. The highest BCUT2D eigenvalue weighted by Crippen LogP contribution is 2.31. The van der Waals surface area contributed by atoms with E-state index >= 15 is 0 Å². The van der Waals surface area contributed by atoms with Gasteiger partial charge in [-0.25, -0.2) is 0 Å². The largest absolute Gasteiger partial charge is 0.393 e. The number of carbonyl (C=O) groups excluding carboxylic acids is 1. The van der Waals surface area contributed by atoms with E-state index in [1.807, 2.05) is 6.92 Å². The number of thioether (sulfide) groups is 1. The summed E-state index contributed by atoms with van der Waals surface area (Å²) in [5.41, 5.74) is 6.71. The second-order valence-electron chi connectivity index (χ2n) is 3.85. The summed E-state index contributed by atoms with van der Waals surface area (Å²) in [5.74, 6) is 0. The lowest BCUT2D eigenvalue weighted by Crippen LogP contribution is -2.15. The number of hydrogen-bond donors (Lipinski definition) is 2. The van der Waals surface area contributed by atoms with Crippen molar-refractivity contribution in [2.75, 3.05) is 12.8 Å². The van der Waals surface area contributed by atoms with Gasteiger partial charge in [-0.15, -0.1) is 0 Å². The molecule has 102 valence electrons. The fourth-order valence-corrected chi connectivity index (χ4v) is 2.14. The van der Waals surface area contributed by atoms with Crippen LogP contribution < -0.4 is 11.1 Å². The van der Waals surface area contributed by atoms with Gasteiger partial charge in [0.05, 0.1) is 4.92 Å². The van der Waals surface area contributed by atoms with Gasteiger partial charge in [0.1, 0.15) is 5.69 Å². The predicted molar refractivity (Wildman–Crippen MR) is 78.1 cm³/mol. The Labute approximate surface area is 115 Å². The van der Waals surface area contributed by atoms with E-state index in [2.05, 4.69) is 11.9 Å². The van der Waals surface area contributed by atoms with Gasteiger partial charge in [0.15, 0.2) is 0 Å². The van der Waals surface area contributed by atoms with Crippen LogP contribution in [0.15, 0.2) is 24.8 Å². The van der Waals surface area contributed by atoms with Crippen molar-refractivity contribution in [3.63, 3.8) is 0 Å². The Hall–Kier alpha value is -2.02. The summed E-state index contributed by atoms with van der Waals surface area (Å²) in [6.07, 6.45) is 0. The monoisotopic (exact) mass is 281 g/mol. The minimum absolute atomic E-state index is 0.105. The van der Waals surface area contributed by atoms with E-state index in [9.17, 15) is 14.9 Å². The summed E-state index contributed by atoms with van der Waals surface area (Å²) < 4.78 is 0. The zero-order valence-electron chi connectivity index (χ0n) is 10.7. The third-order valence-electron chi connectivity index (χ3n) is 2.58. The number of nitro benzene ring substituents is 1. The molecule has 0 saturated carbocycles. The quantitative estimate of drug-likeness (QED) is 0.502. The lowest BCUT2D eigenvalue weighted by molar-refractivity contribution is -0.383. The zero-order chi connectivity index (χ0) is 14.6. The molecule has 7 heteroatoms. The van der Waals surface area contributed by atoms with Gasteiger partial charge in [0.25, 0.3) is 10.9 Å². The first kappa shape index (κ1) is 15.0. The van der Waals surface area contributed by atoms with Gasteiger partial charge in [-0.3, -0.25) is 14.9 Å². The lowest BCUT2D eigenvalue weighted by atomic mass is 10.0. The van der Waals surface area contributed by atoms with Gasteiger partial charge < -0.3 is 11.1 Å². The molecule has 1 atom stereocenters. The number of benzene rings is 1. The molecule has 1 rings (SSSR count). The Morgan fingerprint density at radius 2 is 2.21 bits per heavy atom. The van der Waals surface area contributed by atoms with Crippen LogP contribution in [0.25, 0.3) is 5.57 Å². The van der Waals surface area contributed by atoms with E-state index in [1.165, 1.54) is 12.1 Å². The first-order valence-corrected chi connectivity index (χ1v) is 6.36. The SMILES string of the molecule is C=C(c1ccc(N)c([N+](=O)[O-])c1)C(C)SC(=O)NC. The van der Waals surface area contributed by atoms with E-state index in [-0.39, 0.29) is 21.9 Å². The molecule has 0 bridgehead atoms. The van der Waals surface area contributed by atoms with Crippen molar-refractivity contribution in [3.8, 4) is 0 Å². The molecule has 0 fully saturated rings. The van der Waals surface area contributed by atoms with Crippen LogP contribution in [0.5, 0.6) is 0 Å². The van der Waals surface area contributed by atoms with Gasteiger partial charge >= 0.3 is 0 Å². The van der Waals surface area contributed by atoms with Crippen molar-refractivity contribution in [2.24, 2.45) is 0 Å². The smallest absolute Gasteiger partial charge is 0.292 e. The average Bonchev–Trinajstić information content (AvgIpc) is 2.37. The number of nitrogens with one attached hydrogen (secondary N) is 1. The van der Waals surface area contributed by atoms with Gasteiger partial charge in [0, 0.05) is 18.4 Å². The Morgan fingerprint density at radius 3 is 2.74 bits per heavy atom. The Morgan fingerprint density at radius 1 is 1.58 bits per heavy atom. The van der Waals surface area contributed by atoms with Crippen molar-refractivity contribution in [1.82, 2.24) is 5.32 Å². The molecule has 0 aliphatic rings. The first-order valence-electron chi connectivity index (χ1n) is 5.48. The summed E-state index contributed by atoms with van der Waals surface area (Å²) in [7, 11) is 1.54. The zero-order valence-corrected chi connectivity index (χ0v) is 11.5. The lowest BCUT2D eigenvalue weighted by Gasteiger charge is -2.13. The van der Waals surface area contributed by atoms with Crippen molar-refractivity contribution >= 4 is 33.9 Å². The molecule has 0 radical (unpaired) electrons. The maximum Gasteiger partial charge on any atom is 0.292 e. The van der Waals surface area contributed by atoms with Crippen LogP contribution in [0.2, 0.25) is 0 Å². The van der Waals surface area contributed by atoms with Crippen molar-refractivity contribution in [3.05, 3.63) is 40.5 Å². The number of nitro groups is 1. The van der Waals surface area contributed by atoms with Crippen LogP contribution in [0, 0.1) is 10.1 Å². The van der Waals surface area contributed by atoms with Crippen LogP contribution >= 0.6 is 11.8 Å². The van der Waals surface area contributed by atoms with Crippen LogP contribution in [-0.2, 0) is 0 Å². The number of nitrogens with zero attached hydrogens (tertiary/aromatic N) is 1. The van der Waals surface area contributed by atoms with E-state index < -0.39 is 4.92 Å². The molecule has 0 aliphatic heterocycles. The third-order valence-corrected chi connectivity index (χ3v) is 3.63. The molecule has 0 saturated heterocycles. The maximum absolute atomic E-state index is 11.3. The van der Waals surface area contributed by atoms with Crippen molar-refractivity contribution < 1.29 is 9.72 Å². The number of anilines is 1. The molecule has 6 nitrogen and oxygen atoms in total. The highest BCUT2D eigenvalue weighted by Gasteiger charge is 2.17. The Kier molecular flexibility index (Phi) is 4.94. The average molecular weight is 281 g/mol. The Balaban J connectivity index is 2.97. The van der Waals surface area contributed by atoms with E-state index in [0.717, 1.165) is 11.8 Å². The number of nitrogen functional groups attached to an aromatic ring is 1. The highest BCUT2D eigenvalue weighted by atomic mass is 32.2. The first-order chi connectivity index (χ1) is 8.86. The van der Waals surface area contributed by atoms with E-state index in [1.54, 1.807) is 13.1 Å². The molecule has 1 aromatic carbocycles.